The molecule has 0 aliphatic heterocycles. The van der Waals surface area contributed by atoms with Gasteiger partial charge in [-0.15, -0.1) is 0 Å². The molecule has 1 amide bonds. The number of amides is 1. The Kier molecular flexibility index (Phi) is 4.44. The standard InChI is InChI=1S/C12H13ClN2O3/c1-6(7(2)12(17)18)11(16)15-9-4-5-10(13)14-8(9)3/h4-5H,1-3H3,(H,15,16)(H,17,18)/b7-6+. The van der Waals surface area contributed by atoms with Crippen LogP contribution in [0.5, 0.6) is 0 Å². The molecule has 18 heavy (non-hydrogen) atoms. The largest absolute Gasteiger partial charge is 0.478 e. The first-order chi connectivity index (χ1) is 8.32. The number of nitrogens with zero attached hydrogens (tertiary/aromatic N) is 1. The van der Waals surface area contributed by atoms with Crippen LogP contribution in [0.3, 0.4) is 0 Å². The van der Waals surface area contributed by atoms with Crippen LogP contribution in [0, 0.1) is 6.92 Å². The number of carboxylic acids is 1. The molecule has 0 atom stereocenters. The summed E-state index contributed by atoms with van der Waals surface area (Å²) in [5.41, 5.74) is 1.22. The first-order valence-electron chi connectivity index (χ1n) is 5.18. The van der Waals surface area contributed by atoms with E-state index in [1.807, 2.05) is 0 Å². The maximum Gasteiger partial charge on any atom is 0.331 e. The minimum absolute atomic E-state index is 0.00655. The normalized spacial score (nSPS) is 11.8. The summed E-state index contributed by atoms with van der Waals surface area (Å²) in [6, 6.07) is 3.17. The van der Waals surface area contributed by atoms with Gasteiger partial charge < -0.3 is 10.4 Å². The summed E-state index contributed by atoms with van der Waals surface area (Å²) in [5, 5.41) is 11.7. The molecular weight excluding hydrogens is 256 g/mol. The van der Waals surface area contributed by atoms with Gasteiger partial charge in [0, 0.05) is 11.1 Å². The van der Waals surface area contributed by atoms with E-state index in [0.29, 0.717) is 16.5 Å². The number of rotatable bonds is 3. The van der Waals surface area contributed by atoms with Crippen LogP contribution in [-0.2, 0) is 9.59 Å². The van der Waals surface area contributed by atoms with Crippen molar-refractivity contribution in [3.05, 3.63) is 34.1 Å². The second-order valence-electron chi connectivity index (χ2n) is 3.78. The highest BCUT2D eigenvalue weighted by molar-refractivity contribution is 6.29. The van der Waals surface area contributed by atoms with Gasteiger partial charge in [0.25, 0.3) is 5.91 Å². The molecule has 0 spiro atoms. The molecule has 1 rings (SSSR count). The number of carbonyl (C=O) groups excluding carboxylic acids is 1. The number of carboxylic acid groups (broad SMARTS) is 1. The fourth-order valence-electron chi connectivity index (χ4n) is 1.21. The summed E-state index contributed by atoms with van der Waals surface area (Å²) in [6.07, 6.45) is 0. The molecule has 0 radical (unpaired) electrons. The lowest BCUT2D eigenvalue weighted by molar-refractivity contribution is -0.133. The monoisotopic (exact) mass is 268 g/mol. The fourth-order valence-corrected chi connectivity index (χ4v) is 1.40. The second-order valence-corrected chi connectivity index (χ2v) is 4.16. The number of hydrogen-bond acceptors (Lipinski definition) is 3. The van der Waals surface area contributed by atoms with Gasteiger partial charge in [-0.3, -0.25) is 4.79 Å². The number of aryl methyl sites for hydroxylation is 1. The van der Waals surface area contributed by atoms with Gasteiger partial charge in [-0.1, -0.05) is 11.6 Å². The Morgan fingerprint density at radius 1 is 1.28 bits per heavy atom. The van der Waals surface area contributed by atoms with E-state index in [0.717, 1.165) is 0 Å². The predicted octanol–water partition coefficient (Wildman–Crippen LogP) is 2.40. The molecule has 1 heterocycles. The van der Waals surface area contributed by atoms with Crippen molar-refractivity contribution in [3.63, 3.8) is 0 Å². The Morgan fingerprint density at radius 3 is 2.39 bits per heavy atom. The van der Waals surface area contributed by atoms with Gasteiger partial charge >= 0.3 is 5.97 Å². The molecule has 2 N–H and O–H groups in total. The molecule has 0 aromatic carbocycles. The van der Waals surface area contributed by atoms with Crippen molar-refractivity contribution in [2.24, 2.45) is 0 Å². The minimum Gasteiger partial charge on any atom is -0.478 e. The Balaban J connectivity index is 2.95. The van der Waals surface area contributed by atoms with Crippen LogP contribution in [-0.4, -0.2) is 22.0 Å². The summed E-state index contributed by atoms with van der Waals surface area (Å²) in [5.74, 6) is -1.59. The third-order valence-corrected chi connectivity index (χ3v) is 2.73. The Hall–Kier alpha value is -1.88. The van der Waals surface area contributed by atoms with Gasteiger partial charge in [-0.25, -0.2) is 9.78 Å². The molecule has 1 aromatic heterocycles. The number of aromatic nitrogens is 1. The van der Waals surface area contributed by atoms with Crippen LogP contribution >= 0.6 is 11.6 Å². The maximum absolute atomic E-state index is 11.8. The van der Waals surface area contributed by atoms with Crippen LogP contribution in [0.4, 0.5) is 5.69 Å². The molecule has 6 heteroatoms. The summed E-state index contributed by atoms with van der Waals surface area (Å²) in [7, 11) is 0. The van der Waals surface area contributed by atoms with Crippen molar-refractivity contribution >= 4 is 29.2 Å². The first kappa shape index (κ1) is 14.2. The van der Waals surface area contributed by atoms with Gasteiger partial charge in [0.1, 0.15) is 5.15 Å². The molecule has 0 aliphatic rings. The number of aliphatic carboxylic acids is 1. The number of anilines is 1. The smallest absolute Gasteiger partial charge is 0.331 e. The molecule has 0 aliphatic carbocycles. The van der Waals surface area contributed by atoms with E-state index in [-0.39, 0.29) is 11.1 Å². The highest BCUT2D eigenvalue weighted by atomic mass is 35.5. The third-order valence-electron chi connectivity index (χ3n) is 2.52. The van der Waals surface area contributed by atoms with Crippen molar-refractivity contribution in [1.29, 1.82) is 0 Å². The number of halogens is 1. The highest BCUT2D eigenvalue weighted by Gasteiger charge is 2.13. The van der Waals surface area contributed by atoms with Crippen LogP contribution in [0.2, 0.25) is 5.15 Å². The van der Waals surface area contributed by atoms with Crippen LogP contribution in [0.1, 0.15) is 19.5 Å². The summed E-state index contributed by atoms with van der Waals surface area (Å²) in [4.78, 5) is 26.5. The summed E-state index contributed by atoms with van der Waals surface area (Å²) < 4.78 is 0. The average Bonchev–Trinajstić information content (AvgIpc) is 2.30. The quantitative estimate of drug-likeness (QED) is 0.652. The lowest BCUT2D eigenvalue weighted by Crippen LogP contribution is -2.17. The van der Waals surface area contributed by atoms with E-state index >= 15 is 0 Å². The van der Waals surface area contributed by atoms with Crippen LogP contribution in [0.25, 0.3) is 0 Å². The summed E-state index contributed by atoms with van der Waals surface area (Å²) in [6.45, 7) is 4.53. The van der Waals surface area contributed by atoms with E-state index in [2.05, 4.69) is 10.3 Å². The van der Waals surface area contributed by atoms with Gasteiger partial charge in [0.05, 0.1) is 11.4 Å². The molecule has 0 bridgehead atoms. The number of hydrogen-bond donors (Lipinski definition) is 2. The zero-order valence-electron chi connectivity index (χ0n) is 10.2. The Bertz CT molecular complexity index is 538. The lowest BCUT2D eigenvalue weighted by atomic mass is 10.1. The fraction of sp³-hybridized carbons (Fsp3) is 0.250. The van der Waals surface area contributed by atoms with Gasteiger partial charge in [0.2, 0.25) is 0 Å². The van der Waals surface area contributed by atoms with Gasteiger partial charge in [-0.2, -0.15) is 0 Å². The number of carbonyl (C=O) groups is 2. The van der Waals surface area contributed by atoms with E-state index in [4.69, 9.17) is 16.7 Å². The van der Waals surface area contributed by atoms with E-state index in [1.54, 1.807) is 19.1 Å². The summed E-state index contributed by atoms with van der Waals surface area (Å²) >= 11 is 5.70. The average molecular weight is 269 g/mol. The highest BCUT2D eigenvalue weighted by Crippen LogP contribution is 2.17. The van der Waals surface area contributed by atoms with Crippen LogP contribution in [0.15, 0.2) is 23.3 Å². The first-order valence-corrected chi connectivity index (χ1v) is 5.56. The van der Waals surface area contributed by atoms with Crippen molar-refractivity contribution in [1.82, 2.24) is 4.98 Å². The van der Waals surface area contributed by atoms with Crippen molar-refractivity contribution < 1.29 is 14.7 Å². The van der Waals surface area contributed by atoms with Crippen molar-refractivity contribution in [3.8, 4) is 0 Å². The zero-order chi connectivity index (χ0) is 13.9. The Labute approximate surface area is 109 Å². The SMILES string of the molecule is C/C(C(=O)O)=C(/C)C(=O)Nc1ccc(Cl)nc1C. The molecule has 0 saturated heterocycles. The molecule has 0 fully saturated rings. The molecule has 96 valence electrons. The minimum atomic E-state index is -1.12. The molecule has 0 unspecified atom stereocenters. The van der Waals surface area contributed by atoms with Crippen LogP contribution < -0.4 is 5.32 Å². The third kappa shape index (κ3) is 3.30. The van der Waals surface area contributed by atoms with E-state index in [1.165, 1.54) is 13.8 Å². The number of nitrogens with one attached hydrogen (secondary N) is 1. The number of pyridine rings is 1. The Morgan fingerprint density at radius 2 is 1.89 bits per heavy atom. The topological polar surface area (TPSA) is 79.3 Å². The van der Waals surface area contributed by atoms with Gasteiger partial charge in [0.15, 0.2) is 0 Å². The van der Waals surface area contributed by atoms with Gasteiger partial charge in [-0.05, 0) is 32.9 Å². The molecular formula is C12H13ClN2O3. The predicted molar refractivity (Wildman–Crippen MR) is 68.6 cm³/mol. The van der Waals surface area contributed by atoms with Crippen molar-refractivity contribution in [2.75, 3.05) is 5.32 Å². The molecule has 0 saturated carbocycles. The van der Waals surface area contributed by atoms with E-state index < -0.39 is 11.9 Å². The molecule has 5 nitrogen and oxygen atoms in total. The zero-order valence-corrected chi connectivity index (χ0v) is 11.0. The molecule has 1 aromatic rings. The second kappa shape index (κ2) is 5.64. The lowest BCUT2D eigenvalue weighted by Gasteiger charge is -2.09. The van der Waals surface area contributed by atoms with E-state index in [9.17, 15) is 9.59 Å². The maximum atomic E-state index is 11.8. The van der Waals surface area contributed by atoms with Crippen molar-refractivity contribution in [2.45, 2.75) is 20.8 Å².